The van der Waals surface area contributed by atoms with Crippen molar-refractivity contribution in [1.29, 1.82) is 5.26 Å². The minimum atomic E-state index is -0.742. The minimum Gasteiger partial charge on any atom is -0.507 e. The summed E-state index contributed by atoms with van der Waals surface area (Å²) in [7, 11) is 0. The quantitative estimate of drug-likeness (QED) is 0.496. The largest absolute Gasteiger partial charge is 0.507 e. The van der Waals surface area contributed by atoms with Gasteiger partial charge in [-0.25, -0.2) is 4.79 Å². The number of para-hydroxylation sites is 1. The summed E-state index contributed by atoms with van der Waals surface area (Å²) in [6.45, 7) is 1.79. The molecule has 2 aromatic carbocycles. The van der Waals surface area contributed by atoms with Gasteiger partial charge in [-0.1, -0.05) is 24.3 Å². The van der Waals surface area contributed by atoms with Crippen LogP contribution in [0.2, 0.25) is 0 Å². The monoisotopic (exact) mass is 336 g/mol. The number of nitrogens with zero attached hydrogens (tertiary/aromatic N) is 1. The van der Waals surface area contributed by atoms with Crippen LogP contribution < -0.4 is 5.32 Å². The molecule has 0 heterocycles. The number of hydrogen-bond donors (Lipinski definition) is 2. The molecule has 25 heavy (non-hydrogen) atoms. The van der Waals surface area contributed by atoms with Crippen molar-refractivity contribution in [3.05, 3.63) is 65.2 Å². The molecular formula is C19H16N2O4. The fourth-order valence-electron chi connectivity index (χ4n) is 2.06. The standard InChI is InChI=1S/C19H16N2O4/c1-2-25-19(24)14(12-20)10-13-8-9-17(22)16(11-13)18(23)21-15-6-4-3-5-7-15/h3-11,22H,2H2,1H3,(H,21,23)/b14-10+. The third-order valence-corrected chi connectivity index (χ3v) is 3.22. The summed E-state index contributed by atoms with van der Waals surface area (Å²) >= 11 is 0. The third-order valence-electron chi connectivity index (χ3n) is 3.22. The van der Waals surface area contributed by atoms with Crippen molar-refractivity contribution in [2.45, 2.75) is 6.92 Å². The molecule has 0 aliphatic carbocycles. The molecule has 2 aromatic rings. The molecule has 0 bridgehead atoms. The number of carbonyl (C=O) groups is 2. The number of aromatic hydroxyl groups is 1. The van der Waals surface area contributed by atoms with Crippen LogP contribution in [0, 0.1) is 11.3 Å². The number of rotatable bonds is 5. The average Bonchev–Trinajstić information content (AvgIpc) is 2.61. The van der Waals surface area contributed by atoms with Crippen molar-refractivity contribution >= 4 is 23.6 Å². The number of ether oxygens (including phenoxy) is 1. The normalized spacial score (nSPS) is 10.6. The lowest BCUT2D eigenvalue weighted by atomic mass is 10.1. The highest BCUT2D eigenvalue weighted by Gasteiger charge is 2.14. The van der Waals surface area contributed by atoms with Gasteiger partial charge in [-0.3, -0.25) is 4.79 Å². The van der Waals surface area contributed by atoms with E-state index in [1.807, 2.05) is 6.07 Å². The second-order valence-electron chi connectivity index (χ2n) is 4.99. The van der Waals surface area contributed by atoms with Gasteiger partial charge in [-0.15, -0.1) is 0 Å². The molecule has 0 unspecified atom stereocenters. The van der Waals surface area contributed by atoms with Crippen LogP contribution in [0.25, 0.3) is 6.08 Å². The second kappa shape index (κ2) is 8.31. The molecule has 1 amide bonds. The maximum atomic E-state index is 12.3. The summed E-state index contributed by atoms with van der Waals surface area (Å²) in [5, 5.41) is 21.7. The van der Waals surface area contributed by atoms with Gasteiger partial charge >= 0.3 is 5.97 Å². The fourth-order valence-corrected chi connectivity index (χ4v) is 2.06. The Labute approximate surface area is 145 Å². The molecule has 0 aliphatic rings. The Bertz CT molecular complexity index is 851. The van der Waals surface area contributed by atoms with Crippen molar-refractivity contribution in [1.82, 2.24) is 0 Å². The Morgan fingerprint density at radius 2 is 1.96 bits per heavy atom. The molecule has 0 saturated carbocycles. The summed E-state index contributed by atoms with van der Waals surface area (Å²) in [5.74, 6) is -1.46. The minimum absolute atomic E-state index is 0.0266. The summed E-state index contributed by atoms with van der Waals surface area (Å²) in [6.07, 6.45) is 1.30. The van der Waals surface area contributed by atoms with Crippen molar-refractivity contribution in [2.24, 2.45) is 0 Å². The fraction of sp³-hybridized carbons (Fsp3) is 0.105. The van der Waals surface area contributed by atoms with Crippen LogP contribution in [0.5, 0.6) is 5.75 Å². The van der Waals surface area contributed by atoms with Gasteiger partial charge in [-0.2, -0.15) is 5.26 Å². The van der Waals surface area contributed by atoms with Crippen molar-refractivity contribution in [3.63, 3.8) is 0 Å². The molecule has 0 aliphatic heterocycles. The predicted octanol–water partition coefficient (Wildman–Crippen LogP) is 3.11. The number of nitrogens with one attached hydrogen (secondary N) is 1. The number of benzene rings is 2. The van der Waals surface area contributed by atoms with Crippen LogP contribution in [-0.2, 0) is 9.53 Å². The molecule has 2 rings (SSSR count). The molecule has 0 spiro atoms. The smallest absolute Gasteiger partial charge is 0.348 e. The maximum absolute atomic E-state index is 12.3. The van der Waals surface area contributed by atoms with E-state index in [2.05, 4.69) is 5.32 Å². The maximum Gasteiger partial charge on any atom is 0.348 e. The Morgan fingerprint density at radius 3 is 2.60 bits per heavy atom. The first-order chi connectivity index (χ1) is 12.0. The zero-order valence-corrected chi connectivity index (χ0v) is 13.5. The number of amides is 1. The Kier molecular flexibility index (Phi) is 5.91. The van der Waals surface area contributed by atoms with E-state index < -0.39 is 11.9 Å². The van der Waals surface area contributed by atoms with Crippen LogP contribution >= 0.6 is 0 Å². The number of esters is 1. The van der Waals surface area contributed by atoms with Crippen LogP contribution in [0.3, 0.4) is 0 Å². The highest BCUT2D eigenvalue weighted by atomic mass is 16.5. The number of hydrogen-bond acceptors (Lipinski definition) is 5. The SMILES string of the molecule is CCOC(=O)/C(C#N)=C/c1ccc(O)c(C(=O)Nc2ccccc2)c1. The lowest BCUT2D eigenvalue weighted by Crippen LogP contribution is -2.12. The summed E-state index contributed by atoms with van der Waals surface area (Å²) in [6, 6.07) is 14.8. The zero-order valence-electron chi connectivity index (χ0n) is 13.5. The van der Waals surface area contributed by atoms with Gasteiger partial charge < -0.3 is 15.2 Å². The van der Waals surface area contributed by atoms with Crippen molar-refractivity contribution in [2.75, 3.05) is 11.9 Å². The van der Waals surface area contributed by atoms with Crippen molar-refractivity contribution < 1.29 is 19.4 Å². The Balaban J connectivity index is 2.29. The molecule has 126 valence electrons. The first-order valence-corrected chi connectivity index (χ1v) is 7.53. The average molecular weight is 336 g/mol. The molecule has 0 atom stereocenters. The molecule has 0 saturated heterocycles. The summed E-state index contributed by atoms with van der Waals surface area (Å²) in [4.78, 5) is 24.0. The molecular weight excluding hydrogens is 320 g/mol. The first-order valence-electron chi connectivity index (χ1n) is 7.53. The molecule has 6 nitrogen and oxygen atoms in total. The van der Waals surface area contributed by atoms with E-state index in [-0.39, 0.29) is 23.5 Å². The van der Waals surface area contributed by atoms with Gasteiger partial charge in [0.1, 0.15) is 17.4 Å². The van der Waals surface area contributed by atoms with Crippen molar-refractivity contribution in [3.8, 4) is 11.8 Å². The number of anilines is 1. The number of phenolic OH excluding ortho intramolecular Hbond substituents is 1. The van der Waals surface area contributed by atoms with E-state index >= 15 is 0 Å². The van der Waals surface area contributed by atoms with E-state index in [9.17, 15) is 14.7 Å². The molecule has 0 aromatic heterocycles. The Hall–Kier alpha value is -3.59. The molecule has 6 heteroatoms. The van der Waals surface area contributed by atoms with Gasteiger partial charge in [0.15, 0.2) is 0 Å². The van der Waals surface area contributed by atoms with E-state index in [4.69, 9.17) is 10.00 Å². The van der Waals surface area contributed by atoms with Crippen LogP contribution in [0.4, 0.5) is 5.69 Å². The lowest BCUT2D eigenvalue weighted by Gasteiger charge is -2.08. The molecule has 0 fully saturated rings. The molecule has 2 N–H and O–H groups in total. The molecule has 0 radical (unpaired) electrons. The Morgan fingerprint density at radius 1 is 1.24 bits per heavy atom. The summed E-state index contributed by atoms with van der Waals surface area (Å²) < 4.78 is 4.79. The predicted molar refractivity (Wildman–Crippen MR) is 92.7 cm³/mol. The van der Waals surface area contributed by atoms with E-state index in [1.165, 1.54) is 24.3 Å². The van der Waals surface area contributed by atoms with Gasteiger partial charge in [0.25, 0.3) is 5.91 Å². The number of phenols is 1. The van der Waals surface area contributed by atoms with Crippen LogP contribution in [-0.4, -0.2) is 23.6 Å². The van der Waals surface area contributed by atoms with E-state index in [0.29, 0.717) is 11.3 Å². The summed E-state index contributed by atoms with van der Waals surface area (Å²) in [5.41, 5.74) is 0.832. The van der Waals surface area contributed by atoms with E-state index in [0.717, 1.165) is 0 Å². The highest BCUT2D eigenvalue weighted by molar-refractivity contribution is 6.06. The number of carbonyl (C=O) groups excluding carboxylic acids is 2. The topological polar surface area (TPSA) is 99.4 Å². The van der Waals surface area contributed by atoms with Gasteiger partial charge in [0, 0.05) is 5.69 Å². The first kappa shape index (κ1) is 17.8. The third kappa shape index (κ3) is 4.69. The second-order valence-corrected chi connectivity index (χ2v) is 4.99. The zero-order chi connectivity index (χ0) is 18.2. The van der Waals surface area contributed by atoms with Gasteiger partial charge in [0.05, 0.1) is 12.2 Å². The lowest BCUT2D eigenvalue weighted by molar-refractivity contribution is -0.137. The van der Waals surface area contributed by atoms with Crippen LogP contribution in [0.1, 0.15) is 22.8 Å². The highest BCUT2D eigenvalue weighted by Crippen LogP contribution is 2.22. The van der Waals surface area contributed by atoms with E-state index in [1.54, 1.807) is 37.3 Å². The number of nitriles is 1. The van der Waals surface area contributed by atoms with Crippen LogP contribution in [0.15, 0.2) is 54.1 Å². The van der Waals surface area contributed by atoms with Gasteiger partial charge in [0.2, 0.25) is 0 Å². The van der Waals surface area contributed by atoms with Gasteiger partial charge in [-0.05, 0) is 42.8 Å².